The van der Waals surface area contributed by atoms with E-state index in [9.17, 15) is 0 Å². The van der Waals surface area contributed by atoms with Crippen LogP contribution >= 0.6 is 12.2 Å². The predicted octanol–water partition coefficient (Wildman–Crippen LogP) is 0.899. The van der Waals surface area contributed by atoms with Gasteiger partial charge in [-0.05, 0) is 12.1 Å². The molecular weight excluding hydrogens is 172 g/mol. The summed E-state index contributed by atoms with van der Waals surface area (Å²) < 4.78 is 0. The van der Waals surface area contributed by atoms with Gasteiger partial charge in [-0.3, -0.25) is 10.2 Å². The van der Waals surface area contributed by atoms with E-state index in [0.717, 1.165) is 11.4 Å². The topological polar surface area (TPSA) is 57.4 Å². The lowest BCUT2D eigenvalue weighted by Gasteiger charge is -1.94. The van der Waals surface area contributed by atoms with Crippen molar-refractivity contribution in [1.82, 2.24) is 20.4 Å². The maximum atomic E-state index is 5.15. The third kappa shape index (κ3) is 1.14. The average Bonchev–Trinajstić information content (AvgIpc) is 2.77. The summed E-state index contributed by atoms with van der Waals surface area (Å²) >= 11 is 5.15. The first-order valence-electron chi connectivity index (χ1n) is 3.41. The Kier molecular flexibility index (Phi) is 1.71. The molecule has 4 nitrogen and oxygen atoms in total. The van der Waals surface area contributed by atoms with Crippen molar-refractivity contribution < 1.29 is 0 Å². The van der Waals surface area contributed by atoms with Gasteiger partial charge in [0.25, 0.3) is 0 Å². The van der Waals surface area contributed by atoms with Crippen LogP contribution < -0.4 is 0 Å². The van der Waals surface area contributed by atoms with Crippen molar-refractivity contribution in [2.24, 2.45) is 0 Å². The molecule has 0 spiro atoms. The molecule has 0 bridgehead atoms. The second-order valence-corrected chi connectivity index (χ2v) is 2.68. The fraction of sp³-hybridized carbons (Fsp3) is 0. The van der Waals surface area contributed by atoms with Crippen molar-refractivity contribution in [3.8, 4) is 0 Å². The lowest BCUT2D eigenvalue weighted by molar-refractivity contribution is 1.07. The van der Waals surface area contributed by atoms with Crippen LogP contribution in [0.5, 0.6) is 0 Å². The minimum Gasteiger partial charge on any atom is -0.277 e. The Morgan fingerprint density at radius 1 is 1.08 bits per heavy atom. The molecule has 0 amide bonds. The second-order valence-electron chi connectivity index (χ2n) is 2.27. The van der Waals surface area contributed by atoms with Crippen LogP contribution in [0.4, 0.5) is 0 Å². The number of thiocarbonyl (C=S) groups is 1. The molecule has 0 fully saturated rings. The zero-order valence-corrected chi connectivity index (χ0v) is 6.93. The van der Waals surface area contributed by atoms with Crippen LogP contribution in [0.1, 0.15) is 11.4 Å². The van der Waals surface area contributed by atoms with Crippen molar-refractivity contribution >= 4 is 17.1 Å². The third-order valence-corrected chi connectivity index (χ3v) is 1.93. The zero-order chi connectivity index (χ0) is 8.39. The van der Waals surface area contributed by atoms with Gasteiger partial charge >= 0.3 is 0 Å². The zero-order valence-electron chi connectivity index (χ0n) is 6.11. The summed E-state index contributed by atoms with van der Waals surface area (Å²) in [7, 11) is 0. The van der Waals surface area contributed by atoms with Crippen LogP contribution in [0.3, 0.4) is 0 Å². The highest BCUT2D eigenvalue weighted by Crippen LogP contribution is 2.03. The lowest BCUT2D eigenvalue weighted by atomic mass is 10.2. The quantitative estimate of drug-likeness (QED) is 0.530. The van der Waals surface area contributed by atoms with Gasteiger partial charge in [0.15, 0.2) is 0 Å². The highest BCUT2D eigenvalue weighted by Gasteiger charge is 2.05. The normalized spacial score (nSPS) is 10.0. The Labute approximate surface area is 74.0 Å². The summed E-state index contributed by atoms with van der Waals surface area (Å²) in [6.45, 7) is 0. The number of nitrogens with zero attached hydrogens (tertiary/aromatic N) is 2. The third-order valence-electron chi connectivity index (χ3n) is 1.49. The summed E-state index contributed by atoms with van der Waals surface area (Å²) in [5.74, 6) is 0. The summed E-state index contributed by atoms with van der Waals surface area (Å²) in [6.07, 6.45) is 3.33. The summed E-state index contributed by atoms with van der Waals surface area (Å²) in [5, 5.41) is 13.2. The van der Waals surface area contributed by atoms with Crippen molar-refractivity contribution in [1.29, 1.82) is 0 Å². The van der Waals surface area contributed by atoms with Crippen LogP contribution in [0.2, 0.25) is 0 Å². The standard InChI is InChI=1S/C7H6N4S/c12-7(5-1-3-8-10-5)6-2-4-9-11-6/h1-4H,(H,8,10)(H,9,11). The molecule has 0 unspecified atom stereocenters. The Balaban J connectivity index is 2.34. The van der Waals surface area contributed by atoms with Crippen LogP contribution in [0, 0.1) is 0 Å². The SMILES string of the molecule is S=C(c1ccn[nH]1)c1ccn[nH]1. The minimum atomic E-state index is 0.699. The molecule has 0 aromatic carbocycles. The number of aromatic nitrogens is 4. The van der Waals surface area contributed by atoms with Crippen molar-refractivity contribution in [3.05, 3.63) is 35.9 Å². The van der Waals surface area contributed by atoms with Gasteiger partial charge in [-0.25, -0.2) is 0 Å². The van der Waals surface area contributed by atoms with E-state index in [4.69, 9.17) is 12.2 Å². The maximum absolute atomic E-state index is 5.15. The smallest absolute Gasteiger partial charge is 0.0878 e. The molecule has 60 valence electrons. The molecule has 5 heteroatoms. The van der Waals surface area contributed by atoms with Crippen molar-refractivity contribution in [2.75, 3.05) is 0 Å². The molecule has 2 rings (SSSR count). The average molecular weight is 178 g/mol. The van der Waals surface area contributed by atoms with Crippen LogP contribution in [0.15, 0.2) is 24.5 Å². The molecule has 2 aromatic heterocycles. The van der Waals surface area contributed by atoms with E-state index in [1.165, 1.54) is 0 Å². The highest BCUT2D eigenvalue weighted by atomic mass is 32.1. The molecule has 0 aliphatic rings. The van der Waals surface area contributed by atoms with Crippen molar-refractivity contribution in [3.63, 3.8) is 0 Å². The molecular formula is C7H6N4S. The fourth-order valence-electron chi connectivity index (χ4n) is 0.910. The molecule has 2 aromatic rings. The summed E-state index contributed by atoms with van der Waals surface area (Å²) in [4.78, 5) is 0.699. The predicted molar refractivity (Wildman–Crippen MR) is 48.0 cm³/mol. The maximum Gasteiger partial charge on any atom is 0.0878 e. The van der Waals surface area contributed by atoms with Gasteiger partial charge in [-0.15, -0.1) is 0 Å². The Bertz CT molecular complexity index is 326. The van der Waals surface area contributed by atoms with E-state index in [0.29, 0.717) is 4.86 Å². The number of aromatic amines is 2. The van der Waals surface area contributed by atoms with E-state index >= 15 is 0 Å². The Hall–Kier alpha value is -1.49. The van der Waals surface area contributed by atoms with Gasteiger partial charge in [0.05, 0.1) is 16.3 Å². The molecule has 2 heterocycles. The number of hydrogen-bond donors (Lipinski definition) is 2. The Morgan fingerprint density at radius 2 is 1.58 bits per heavy atom. The first kappa shape index (κ1) is 7.17. The monoisotopic (exact) mass is 178 g/mol. The molecule has 0 saturated heterocycles. The molecule has 0 saturated carbocycles. The summed E-state index contributed by atoms with van der Waals surface area (Å²) in [6, 6.07) is 3.65. The molecule has 0 aliphatic carbocycles. The van der Waals surface area contributed by atoms with Gasteiger partial charge in [0.1, 0.15) is 0 Å². The van der Waals surface area contributed by atoms with Crippen molar-refractivity contribution in [2.45, 2.75) is 0 Å². The lowest BCUT2D eigenvalue weighted by Crippen LogP contribution is -2.00. The first-order valence-corrected chi connectivity index (χ1v) is 3.82. The molecule has 0 atom stereocenters. The van der Waals surface area contributed by atoms with Gasteiger partial charge < -0.3 is 0 Å². The Morgan fingerprint density at radius 3 is 1.92 bits per heavy atom. The van der Waals surface area contributed by atoms with Gasteiger partial charge in [0.2, 0.25) is 0 Å². The number of hydrogen-bond acceptors (Lipinski definition) is 3. The van der Waals surface area contributed by atoms with E-state index in [1.54, 1.807) is 12.4 Å². The van der Waals surface area contributed by atoms with E-state index in [-0.39, 0.29) is 0 Å². The fourth-order valence-corrected chi connectivity index (χ4v) is 1.14. The molecule has 2 N–H and O–H groups in total. The number of rotatable bonds is 2. The first-order chi connectivity index (χ1) is 5.88. The largest absolute Gasteiger partial charge is 0.277 e. The minimum absolute atomic E-state index is 0.699. The van der Waals surface area contributed by atoms with Crippen LogP contribution in [-0.2, 0) is 0 Å². The van der Waals surface area contributed by atoms with Gasteiger partial charge in [-0.1, -0.05) is 12.2 Å². The summed E-state index contributed by atoms with van der Waals surface area (Å²) in [5.41, 5.74) is 1.66. The molecule has 12 heavy (non-hydrogen) atoms. The van der Waals surface area contributed by atoms with E-state index in [2.05, 4.69) is 20.4 Å². The van der Waals surface area contributed by atoms with Gasteiger partial charge in [0, 0.05) is 12.4 Å². The van der Waals surface area contributed by atoms with E-state index < -0.39 is 0 Å². The molecule has 0 radical (unpaired) electrons. The number of H-pyrrole nitrogens is 2. The van der Waals surface area contributed by atoms with E-state index in [1.807, 2.05) is 12.1 Å². The second kappa shape index (κ2) is 2.86. The van der Waals surface area contributed by atoms with Crippen LogP contribution in [0.25, 0.3) is 0 Å². The van der Waals surface area contributed by atoms with Crippen LogP contribution in [-0.4, -0.2) is 25.3 Å². The molecule has 0 aliphatic heterocycles. The number of nitrogens with one attached hydrogen (secondary N) is 2. The highest BCUT2D eigenvalue weighted by molar-refractivity contribution is 7.81. The van der Waals surface area contributed by atoms with Gasteiger partial charge in [-0.2, -0.15) is 10.2 Å².